The molecule has 0 aliphatic carbocycles. The predicted molar refractivity (Wildman–Crippen MR) is 93.2 cm³/mol. The topological polar surface area (TPSA) is 42.7 Å². The summed E-state index contributed by atoms with van der Waals surface area (Å²) in [6, 6.07) is 11.1. The van der Waals surface area contributed by atoms with Gasteiger partial charge in [0.25, 0.3) is 0 Å². The van der Waals surface area contributed by atoms with Crippen molar-refractivity contribution in [2.75, 3.05) is 20.2 Å². The van der Waals surface area contributed by atoms with Crippen molar-refractivity contribution in [2.45, 2.75) is 26.0 Å². The molecule has 0 N–H and O–H groups in total. The number of methoxy groups -OCH3 is 1. The van der Waals surface area contributed by atoms with Crippen LogP contribution in [0.15, 0.2) is 40.8 Å². The van der Waals surface area contributed by atoms with Gasteiger partial charge in [-0.25, -0.2) is 0 Å². The molecule has 3 rings (SSSR count). The van der Waals surface area contributed by atoms with Crippen molar-refractivity contribution in [1.82, 2.24) is 4.90 Å². The molecule has 1 atom stereocenters. The minimum absolute atomic E-state index is 0.0191. The Hall–Kier alpha value is -1.62. The van der Waals surface area contributed by atoms with Gasteiger partial charge in [0, 0.05) is 30.2 Å². The highest BCUT2D eigenvalue weighted by atomic mass is 35.5. The first-order valence-corrected chi connectivity index (χ1v) is 8.62. The largest absolute Gasteiger partial charge is 0.462 e. The lowest BCUT2D eigenvalue weighted by atomic mass is 9.90. The molecule has 2 aromatic rings. The number of likely N-dealkylation sites (tertiary alicyclic amines) is 1. The summed E-state index contributed by atoms with van der Waals surface area (Å²) in [5.41, 5.74) is 0.703. The highest BCUT2D eigenvalue weighted by Gasteiger charge is 2.27. The minimum Gasteiger partial charge on any atom is -0.462 e. The second-order valence-corrected chi connectivity index (χ2v) is 6.69. The average molecular weight is 348 g/mol. The van der Waals surface area contributed by atoms with E-state index in [1.54, 1.807) is 19.2 Å². The third kappa shape index (κ3) is 4.26. The number of hydrogen-bond donors (Lipinski definition) is 0. The van der Waals surface area contributed by atoms with E-state index in [1.165, 1.54) is 0 Å². The number of Topliss-reactive ketones (excluding diaryl/α,β-unsaturated/α-hetero) is 1. The van der Waals surface area contributed by atoms with Crippen LogP contribution < -0.4 is 0 Å². The molecule has 1 aromatic carbocycles. The quantitative estimate of drug-likeness (QED) is 0.735. The maximum Gasteiger partial charge on any atom is 0.167 e. The fourth-order valence-corrected chi connectivity index (χ4v) is 3.43. The normalized spacial score (nSPS) is 18.7. The van der Waals surface area contributed by atoms with Crippen LogP contribution in [0, 0.1) is 5.92 Å². The fraction of sp³-hybridized carbons (Fsp3) is 0.421. The summed E-state index contributed by atoms with van der Waals surface area (Å²) in [5.74, 6) is 1.95. The predicted octanol–water partition coefficient (Wildman–Crippen LogP) is 4.17. The summed E-state index contributed by atoms with van der Waals surface area (Å²) < 4.78 is 10.8. The third-order valence-electron chi connectivity index (χ3n) is 4.37. The molecule has 1 aromatic heterocycles. The number of ketones is 1. The van der Waals surface area contributed by atoms with Gasteiger partial charge in [-0.3, -0.25) is 9.69 Å². The number of halogens is 1. The van der Waals surface area contributed by atoms with Crippen molar-refractivity contribution in [2.24, 2.45) is 5.92 Å². The molecule has 0 amide bonds. The van der Waals surface area contributed by atoms with Gasteiger partial charge in [-0.05, 0) is 43.7 Å². The van der Waals surface area contributed by atoms with Crippen LogP contribution in [0.4, 0.5) is 0 Å². The number of ether oxygens (including phenoxy) is 1. The number of nitrogens with zero attached hydrogens (tertiary/aromatic N) is 1. The second-order valence-electron chi connectivity index (χ2n) is 6.25. The Bertz CT molecular complexity index is 697. The van der Waals surface area contributed by atoms with E-state index < -0.39 is 0 Å². The molecule has 24 heavy (non-hydrogen) atoms. The van der Waals surface area contributed by atoms with Gasteiger partial charge in [0.1, 0.15) is 18.1 Å². The monoisotopic (exact) mass is 347 g/mol. The zero-order valence-corrected chi connectivity index (χ0v) is 14.6. The van der Waals surface area contributed by atoms with Gasteiger partial charge < -0.3 is 9.15 Å². The van der Waals surface area contributed by atoms with Crippen molar-refractivity contribution < 1.29 is 13.9 Å². The molecule has 0 bridgehead atoms. The van der Waals surface area contributed by atoms with E-state index >= 15 is 0 Å². The lowest BCUT2D eigenvalue weighted by Crippen LogP contribution is -2.38. The Kier molecular flexibility index (Phi) is 5.72. The molecular weight excluding hydrogens is 326 g/mol. The zero-order valence-electron chi connectivity index (χ0n) is 13.8. The molecule has 0 spiro atoms. The van der Waals surface area contributed by atoms with Gasteiger partial charge in [-0.2, -0.15) is 0 Å². The van der Waals surface area contributed by atoms with Crippen LogP contribution in [0.2, 0.25) is 5.02 Å². The lowest BCUT2D eigenvalue weighted by molar-refractivity contribution is 0.0800. The fourth-order valence-electron chi connectivity index (χ4n) is 3.24. The van der Waals surface area contributed by atoms with Gasteiger partial charge in [0.2, 0.25) is 0 Å². The van der Waals surface area contributed by atoms with E-state index in [-0.39, 0.29) is 11.7 Å². The minimum atomic E-state index is 0.0191. The molecule has 1 aliphatic rings. The van der Waals surface area contributed by atoms with Crippen molar-refractivity contribution in [1.29, 1.82) is 0 Å². The van der Waals surface area contributed by atoms with Crippen LogP contribution in [-0.2, 0) is 17.9 Å². The third-order valence-corrected chi connectivity index (χ3v) is 4.60. The zero-order chi connectivity index (χ0) is 16.9. The Balaban J connectivity index is 1.62. The van der Waals surface area contributed by atoms with Crippen LogP contribution in [0.5, 0.6) is 0 Å². The molecule has 1 aliphatic heterocycles. The van der Waals surface area contributed by atoms with Gasteiger partial charge in [0.05, 0.1) is 6.54 Å². The Morgan fingerprint density at radius 2 is 2.17 bits per heavy atom. The molecule has 1 fully saturated rings. The molecule has 4 nitrogen and oxygen atoms in total. The first-order chi connectivity index (χ1) is 11.7. The molecular formula is C19H22ClNO3. The van der Waals surface area contributed by atoms with Crippen LogP contribution in [0.3, 0.4) is 0 Å². The van der Waals surface area contributed by atoms with Gasteiger partial charge in [-0.15, -0.1) is 0 Å². The first kappa shape index (κ1) is 17.2. The van der Waals surface area contributed by atoms with E-state index in [1.807, 2.05) is 24.3 Å². The van der Waals surface area contributed by atoms with Crippen molar-refractivity contribution in [3.8, 4) is 0 Å². The number of benzene rings is 1. The summed E-state index contributed by atoms with van der Waals surface area (Å²) in [5, 5.41) is 0.606. The van der Waals surface area contributed by atoms with Crippen LogP contribution >= 0.6 is 11.6 Å². The Morgan fingerprint density at radius 1 is 1.33 bits per heavy atom. The molecule has 1 saturated heterocycles. The Labute approximate surface area is 147 Å². The van der Waals surface area contributed by atoms with E-state index in [2.05, 4.69) is 4.90 Å². The highest BCUT2D eigenvalue weighted by Crippen LogP contribution is 2.24. The SMILES string of the molecule is COCc1ccc(CN2CCC[C@H](C(=O)c3cccc(Cl)c3)C2)o1. The summed E-state index contributed by atoms with van der Waals surface area (Å²) in [7, 11) is 1.65. The van der Waals surface area contributed by atoms with E-state index in [4.69, 9.17) is 20.8 Å². The number of furan rings is 1. The smallest absolute Gasteiger partial charge is 0.167 e. The molecule has 5 heteroatoms. The van der Waals surface area contributed by atoms with E-state index in [0.29, 0.717) is 17.2 Å². The van der Waals surface area contributed by atoms with Crippen molar-refractivity contribution in [3.05, 3.63) is 58.5 Å². The number of carbonyl (C=O) groups excluding carboxylic acids is 1. The highest BCUT2D eigenvalue weighted by molar-refractivity contribution is 6.31. The maximum atomic E-state index is 12.7. The van der Waals surface area contributed by atoms with Crippen molar-refractivity contribution in [3.63, 3.8) is 0 Å². The molecule has 2 heterocycles. The summed E-state index contributed by atoms with van der Waals surface area (Å²) in [6.07, 6.45) is 1.94. The maximum absolute atomic E-state index is 12.7. The lowest BCUT2D eigenvalue weighted by Gasteiger charge is -2.31. The van der Waals surface area contributed by atoms with E-state index in [9.17, 15) is 4.79 Å². The van der Waals surface area contributed by atoms with E-state index in [0.717, 1.165) is 44.0 Å². The molecule has 0 unspecified atom stereocenters. The average Bonchev–Trinajstić information content (AvgIpc) is 3.02. The summed E-state index contributed by atoms with van der Waals surface area (Å²) in [6.45, 7) is 2.95. The summed E-state index contributed by atoms with van der Waals surface area (Å²) >= 11 is 6.01. The van der Waals surface area contributed by atoms with Gasteiger partial charge >= 0.3 is 0 Å². The summed E-state index contributed by atoms with van der Waals surface area (Å²) in [4.78, 5) is 15.0. The number of piperidine rings is 1. The number of hydrogen-bond acceptors (Lipinski definition) is 4. The van der Waals surface area contributed by atoms with Gasteiger partial charge in [-0.1, -0.05) is 23.7 Å². The standard InChI is InChI=1S/C19H22ClNO3/c1-23-13-18-8-7-17(24-18)12-21-9-3-5-15(11-21)19(22)14-4-2-6-16(20)10-14/h2,4,6-8,10,15H,3,5,9,11-13H2,1H3/t15-/m0/s1. The number of rotatable bonds is 6. The molecule has 0 radical (unpaired) electrons. The van der Waals surface area contributed by atoms with Crippen LogP contribution in [-0.4, -0.2) is 30.9 Å². The molecule has 0 saturated carbocycles. The molecule has 128 valence electrons. The Morgan fingerprint density at radius 3 is 2.96 bits per heavy atom. The van der Waals surface area contributed by atoms with Crippen LogP contribution in [0.25, 0.3) is 0 Å². The second kappa shape index (κ2) is 7.97. The van der Waals surface area contributed by atoms with Crippen LogP contribution in [0.1, 0.15) is 34.7 Å². The number of carbonyl (C=O) groups is 1. The first-order valence-electron chi connectivity index (χ1n) is 8.24. The van der Waals surface area contributed by atoms with Gasteiger partial charge in [0.15, 0.2) is 5.78 Å². The van der Waals surface area contributed by atoms with Crippen molar-refractivity contribution >= 4 is 17.4 Å².